The molecule has 1 aliphatic carbocycles. The maximum absolute atomic E-state index is 5.71. The van der Waals surface area contributed by atoms with E-state index in [2.05, 4.69) is 22.3 Å². The molecule has 0 saturated heterocycles. The van der Waals surface area contributed by atoms with Gasteiger partial charge in [0.1, 0.15) is 12.4 Å². The van der Waals surface area contributed by atoms with E-state index in [-0.39, 0.29) is 0 Å². The number of benzene rings is 1. The molecule has 3 nitrogen and oxygen atoms in total. The number of halogens is 1. The second kappa shape index (κ2) is 4.63. The Hall–Kier alpha value is -1.13. The Bertz CT molecular complexity index is 541. The topological polar surface area (TPSA) is 35.0 Å². The van der Waals surface area contributed by atoms with Gasteiger partial charge in [0.05, 0.1) is 0 Å². The molecule has 0 spiro atoms. The molecule has 88 valence electrons. The highest BCUT2D eigenvalue weighted by Gasteiger charge is 2.11. The van der Waals surface area contributed by atoms with Crippen molar-refractivity contribution in [2.24, 2.45) is 0 Å². The average Bonchev–Trinajstić information content (AvgIpc) is 2.94. The third-order valence-corrected chi connectivity index (χ3v) is 3.87. The summed E-state index contributed by atoms with van der Waals surface area (Å²) in [7, 11) is 0. The van der Waals surface area contributed by atoms with Crippen LogP contribution in [0.1, 0.15) is 22.6 Å². The smallest absolute Gasteiger partial charge is 0.207 e. The zero-order chi connectivity index (χ0) is 11.7. The summed E-state index contributed by atoms with van der Waals surface area (Å²) in [6.45, 7) is 0.434. The predicted octanol–water partition coefficient (Wildman–Crippen LogP) is 3.26. The van der Waals surface area contributed by atoms with Crippen molar-refractivity contribution >= 4 is 22.9 Å². The summed E-state index contributed by atoms with van der Waals surface area (Å²) >= 11 is 7.06. The van der Waals surface area contributed by atoms with Gasteiger partial charge in [0.2, 0.25) is 4.47 Å². The first-order chi connectivity index (χ1) is 8.31. The highest BCUT2D eigenvalue weighted by Crippen LogP contribution is 2.26. The van der Waals surface area contributed by atoms with E-state index in [0.717, 1.165) is 17.2 Å². The molecule has 3 rings (SSSR count). The molecule has 0 unspecified atom stereocenters. The van der Waals surface area contributed by atoms with Crippen molar-refractivity contribution in [3.05, 3.63) is 38.8 Å². The second-order valence-corrected chi connectivity index (χ2v) is 5.67. The van der Waals surface area contributed by atoms with Crippen molar-refractivity contribution in [3.63, 3.8) is 0 Å². The molecule has 0 fully saturated rings. The van der Waals surface area contributed by atoms with Gasteiger partial charge < -0.3 is 4.74 Å². The van der Waals surface area contributed by atoms with Crippen LogP contribution in [0.4, 0.5) is 0 Å². The number of nitrogens with zero attached hydrogens (tertiary/aromatic N) is 2. The number of ether oxygens (including phenoxy) is 1. The zero-order valence-electron chi connectivity index (χ0n) is 9.15. The van der Waals surface area contributed by atoms with E-state index in [1.54, 1.807) is 0 Å². The van der Waals surface area contributed by atoms with Crippen molar-refractivity contribution in [2.45, 2.75) is 25.9 Å². The molecule has 0 atom stereocenters. The Morgan fingerprint density at radius 3 is 2.94 bits per heavy atom. The number of rotatable bonds is 3. The maximum atomic E-state index is 5.71. The van der Waals surface area contributed by atoms with Crippen LogP contribution >= 0.6 is 22.9 Å². The van der Waals surface area contributed by atoms with Gasteiger partial charge >= 0.3 is 0 Å². The van der Waals surface area contributed by atoms with E-state index in [1.165, 1.54) is 35.3 Å². The van der Waals surface area contributed by atoms with Gasteiger partial charge in [-0.15, -0.1) is 10.2 Å². The Morgan fingerprint density at radius 1 is 1.24 bits per heavy atom. The number of hydrogen-bond donors (Lipinski definition) is 0. The lowest BCUT2D eigenvalue weighted by atomic mass is 10.1. The minimum absolute atomic E-state index is 0.434. The van der Waals surface area contributed by atoms with E-state index < -0.39 is 0 Å². The first-order valence-electron chi connectivity index (χ1n) is 5.54. The molecule has 1 aliphatic rings. The fourth-order valence-corrected chi connectivity index (χ4v) is 2.86. The molecule has 0 N–H and O–H groups in total. The number of hydrogen-bond acceptors (Lipinski definition) is 4. The van der Waals surface area contributed by atoms with Crippen LogP contribution in [0.3, 0.4) is 0 Å². The van der Waals surface area contributed by atoms with Crippen LogP contribution in [0.2, 0.25) is 4.47 Å². The van der Waals surface area contributed by atoms with E-state index in [9.17, 15) is 0 Å². The number of aromatic nitrogens is 2. The summed E-state index contributed by atoms with van der Waals surface area (Å²) in [4.78, 5) is 0. The summed E-state index contributed by atoms with van der Waals surface area (Å²) in [6.07, 6.45) is 3.61. The van der Waals surface area contributed by atoms with Crippen molar-refractivity contribution in [3.8, 4) is 5.75 Å². The lowest BCUT2D eigenvalue weighted by molar-refractivity contribution is 0.304. The second-order valence-electron chi connectivity index (χ2n) is 4.02. The van der Waals surface area contributed by atoms with E-state index in [4.69, 9.17) is 16.3 Å². The molecule has 0 bridgehead atoms. The van der Waals surface area contributed by atoms with E-state index in [0.29, 0.717) is 11.1 Å². The molecule has 5 heteroatoms. The first kappa shape index (κ1) is 11.0. The number of aryl methyl sites for hydroxylation is 2. The van der Waals surface area contributed by atoms with Gasteiger partial charge in [-0.2, -0.15) is 0 Å². The van der Waals surface area contributed by atoms with Crippen LogP contribution in [0, 0.1) is 0 Å². The van der Waals surface area contributed by atoms with Gasteiger partial charge in [-0.25, -0.2) is 0 Å². The highest BCUT2D eigenvalue weighted by atomic mass is 35.5. The van der Waals surface area contributed by atoms with Gasteiger partial charge in [0.15, 0.2) is 5.01 Å². The predicted molar refractivity (Wildman–Crippen MR) is 67.7 cm³/mol. The van der Waals surface area contributed by atoms with Gasteiger partial charge in [0, 0.05) is 0 Å². The standard InChI is InChI=1S/C12H11ClN2OS/c13-12-15-14-11(17-12)7-16-10-5-4-8-2-1-3-9(8)6-10/h4-6H,1-3,7H2. The van der Waals surface area contributed by atoms with Crippen LogP contribution in [-0.2, 0) is 19.4 Å². The van der Waals surface area contributed by atoms with Gasteiger partial charge in [-0.1, -0.05) is 17.4 Å². The molecule has 0 aliphatic heterocycles. The Labute approximate surface area is 108 Å². The number of fused-ring (bicyclic) bond motifs is 1. The van der Waals surface area contributed by atoms with Crippen LogP contribution in [-0.4, -0.2) is 10.2 Å². The monoisotopic (exact) mass is 266 g/mol. The quantitative estimate of drug-likeness (QED) is 0.855. The minimum atomic E-state index is 0.434. The van der Waals surface area contributed by atoms with Crippen molar-refractivity contribution in [2.75, 3.05) is 0 Å². The van der Waals surface area contributed by atoms with Crippen LogP contribution in [0.15, 0.2) is 18.2 Å². The zero-order valence-corrected chi connectivity index (χ0v) is 10.7. The van der Waals surface area contributed by atoms with Gasteiger partial charge in [-0.3, -0.25) is 0 Å². The average molecular weight is 267 g/mol. The lowest BCUT2D eigenvalue weighted by Crippen LogP contribution is -1.95. The fraction of sp³-hybridized carbons (Fsp3) is 0.333. The van der Waals surface area contributed by atoms with Crippen molar-refractivity contribution < 1.29 is 4.74 Å². The van der Waals surface area contributed by atoms with Gasteiger partial charge in [0.25, 0.3) is 0 Å². The molecule has 0 radical (unpaired) electrons. The molecule has 2 aromatic rings. The van der Waals surface area contributed by atoms with Crippen LogP contribution in [0.25, 0.3) is 0 Å². The summed E-state index contributed by atoms with van der Waals surface area (Å²) in [6, 6.07) is 6.31. The Morgan fingerprint density at radius 2 is 2.12 bits per heavy atom. The Kier molecular flexibility index (Phi) is 2.99. The SMILES string of the molecule is Clc1nnc(COc2ccc3c(c2)CCC3)s1. The summed E-state index contributed by atoms with van der Waals surface area (Å²) in [5.41, 5.74) is 2.87. The maximum Gasteiger partial charge on any atom is 0.207 e. The largest absolute Gasteiger partial charge is 0.486 e. The molecular formula is C12H11ClN2OS. The van der Waals surface area contributed by atoms with Crippen LogP contribution in [0.5, 0.6) is 5.75 Å². The normalized spacial score (nSPS) is 13.7. The lowest BCUT2D eigenvalue weighted by Gasteiger charge is -2.06. The fourth-order valence-electron chi connectivity index (χ4n) is 2.07. The molecule has 0 saturated carbocycles. The molecule has 1 heterocycles. The Balaban J connectivity index is 1.69. The minimum Gasteiger partial charge on any atom is -0.486 e. The first-order valence-corrected chi connectivity index (χ1v) is 6.73. The molecule has 1 aromatic heterocycles. The van der Waals surface area contributed by atoms with Gasteiger partial charge in [-0.05, 0) is 54.1 Å². The third-order valence-electron chi connectivity index (χ3n) is 2.87. The van der Waals surface area contributed by atoms with Crippen LogP contribution < -0.4 is 4.74 Å². The summed E-state index contributed by atoms with van der Waals surface area (Å²) in [5, 5.41) is 8.46. The highest BCUT2D eigenvalue weighted by molar-refractivity contribution is 7.15. The van der Waals surface area contributed by atoms with Crippen molar-refractivity contribution in [1.82, 2.24) is 10.2 Å². The molecular weight excluding hydrogens is 256 g/mol. The summed E-state index contributed by atoms with van der Waals surface area (Å²) in [5.74, 6) is 0.900. The van der Waals surface area contributed by atoms with E-state index in [1.807, 2.05) is 6.07 Å². The summed E-state index contributed by atoms with van der Waals surface area (Å²) < 4.78 is 6.14. The third kappa shape index (κ3) is 2.42. The molecule has 17 heavy (non-hydrogen) atoms. The van der Waals surface area contributed by atoms with Crippen molar-refractivity contribution in [1.29, 1.82) is 0 Å². The molecule has 0 amide bonds. The van der Waals surface area contributed by atoms with E-state index >= 15 is 0 Å². The molecule has 1 aromatic carbocycles.